The quantitative estimate of drug-likeness (QED) is 0.668. The molecule has 19 heavy (non-hydrogen) atoms. The third kappa shape index (κ3) is 2.62. The summed E-state index contributed by atoms with van der Waals surface area (Å²) in [5.74, 6) is -6.15. The molecule has 4 heteroatoms. The molecule has 2 aromatic rings. The van der Waals surface area contributed by atoms with Gasteiger partial charge in [0.05, 0.1) is 5.56 Å². The van der Waals surface area contributed by atoms with Gasteiger partial charge in [-0.25, -0.2) is 17.6 Å². The van der Waals surface area contributed by atoms with E-state index in [0.29, 0.717) is 12.5 Å². The van der Waals surface area contributed by atoms with E-state index in [0.717, 1.165) is 11.6 Å². The lowest BCUT2D eigenvalue weighted by atomic mass is 9.99. The lowest BCUT2D eigenvalue weighted by Crippen LogP contribution is -2.11. The van der Waals surface area contributed by atoms with Crippen LogP contribution in [0.15, 0.2) is 36.4 Å². The average Bonchev–Trinajstić information content (AvgIpc) is 2.32. The average molecular weight is 268 g/mol. The predicted molar refractivity (Wildman–Crippen MR) is 66.1 cm³/mol. The van der Waals surface area contributed by atoms with E-state index in [1.165, 1.54) is 6.07 Å². The Kier molecular flexibility index (Phi) is 3.35. The maximum absolute atomic E-state index is 13.9. The van der Waals surface area contributed by atoms with Gasteiger partial charge in [-0.05, 0) is 18.6 Å². The van der Waals surface area contributed by atoms with Crippen LogP contribution in [-0.4, -0.2) is 0 Å². The first-order valence-electron chi connectivity index (χ1n) is 5.74. The molecule has 0 aromatic heterocycles. The van der Waals surface area contributed by atoms with Gasteiger partial charge in [-0.15, -0.1) is 0 Å². The van der Waals surface area contributed by atoms with Crippen LogP contribution in [0.4, 0.5) is 17.6 Å². The molecule has 0 aliphatic heterocycles. The number of rotatable bonds is 2. The number of halogens is 4. The minimum atomic E-state index is -3.41. The van der Waals surface area contributed by atoms with Gasteiger partial charge >= 0.3 is 0 Å². The number of alkyl halides is 2. The summed E-state index contributed by atoms with van der Waals surface area (Å²) in [5, 5.41) is 0. The molecule has 0 radical (unpaired) electrons. The standard InChI is InChI=1S/C15H12F4/c1-9-3-5-10(6-4-9)11-7-8-12(15(2,18)19)14(17)13(11)16/h3-8H,1-2H3. The topological polar surface area (TPSA) is 0 Å². The van der Waals surface area contributed by atoms with Crippen molar-refractivity contribution < 1.29 is 17.6 Å². The second kappa shape index (κ2) is 4.68. The van der Waals surface area contributed by atoms with E-state index in [1.807, 2.05) is 6.92 Å². The van der Waals surface area contributed by atoms with Crippen molar-refractivity contribution in [2.75, 3.05) is 0 Å². The van der Waals surface area contributed by atoms with Gasteiger partial charge in [-0.2, -0.15) is 0 Å². The van der Waals surface area contributed by atoms with Crippen molar-refractivity contribution in [2.24, 2.45) is 0 Å². The van der Waals surface area contributed by atoms with Crippen molar-refractivity contribution in [2.45, 2.75) is 19.8 Å². The highest BCUT2D eigenvalue weighted by Crippen LogP contribution is 2.34. The van der Waals surface area contributed by atoms with E-state index < -0.39 is 23.1 Å². The molecule has 0 atom stereocenters. The fraction of sp³-hybridized carbons (Fsp3) is 0.200. The first-order chi connectivity index (χ1) is 8.80. The first-order valence-corrected chi connectivity index (χ1v) is 5.74. The van der Waals surface area contributed by atoms with Crippen molar-refractivity contribution in [1.82, 2.24) is 0 Å². The minimum absolute atomic E-state index is 0.0227. The molecule has 0 saturated heterocycles. The number of aryl methyl sites for hydroxylation is 1. The normalized spacial score (nSPS) is 11.7. The molecule has 0 N–H and O–H groups in total. The second-order valence-electron chi connectivity index (χ2n) is 4.54. The highest BCUT2D eigenvalue weighted by molar-refractivity contribution is 5.65. The Morgan fingerprint density at radius 1 is 0.842 bits per heavy atom. The molecule has 0 aliphatic rings. The van der Waals surface area contributed by atoms with E-state index in [9.17, 15) is 17.6 Å². The Labute approximate surface area is 108 Å². The lowest BCUT2D eigenvalue weighted by molar-refractivity contribution is 0.0131. The molecule has 0 fully saturated rings. The molecule has 0 unspecified atom stereocenters. The van der Waals surface area contributed by atoms with Gasteiger partial charge in [-0.1, -0.05) is 35.9 Å². The van der Waals surface area contributed by atoms with Crippen molar-refractivity contribution in [3.05, 3.63) is 59.2 Å². The fourth-order valence-electron chi connectivity index (χ4n) is 1.84. The molecule has 0 amide bonds. The largest absolute Gasteiger partial charge is 0.273 e. The van der Waals surface area contributed by atoms with Gasteiger partial charge in [-0.3, -0.25) is 0 Å². The molecule has 0 heterocycles. The van der Waals surface area contributed by atoms with Crippen molar-refractivity contribution in [3.8, 4) is 11.1 Å². The van der Waals surface area contributed by atoms with E-state index in [4.69, 9.17) is 0 Å². The van der Waals surface area contributed by atoms with Gasteiger partial charge < -0.3 is 0 Å². The van der Waals surface area contributed by atoms with Gasteiger partial charge in [0.15, 0.2) is 11.6 Å². The summed E-state index contributed by atoms with van der Waals surface area (Å²) < 4.78 is 53.7. The summed E-state index contributed by atoms with van der Waals surface area (Å²) >= 11 is 0. The molecule has 0 bridgehead atoms. The molecular weight excluding hydrogens is 256 g/mol. The van der Waals surface area contributed by atoms with Crippen LogP contribution in [0.3, 0.4) is 0 Å². The van der Waals surface area contributed by atoms with Gasteiger partial charge in [0.25, 0.3) is 5.92 Å². The third-order valence-corrected chi connectivity index (χ3v) is 2.92. The number of hydrogen-bond acceptors (Lipinski definition) is 0. The fourth-order valence-corrected chi connectivity index (χ4v) is 1.84. The molecule has 0 nitrogen and oxygen atoms in total. The minimum Gasteiger partial charge on any atom is -0.203 e. The van der Waals surface area contributed by atoms with E-state index in [-0.39, 0.29) is 5.56 Å². The molecule has 2 aromatic carbocycles. The van der Waals surface area contributed by atoms with Crippen LogP contribution in [0, 0.1) is 18.6 Å². The molecular formula is C15H12F4. The molecule has 0 aliphatic carbocycles. The van der Waals surface area contributed by atoms with Gasteiger partial charge in [0.2, 0.25) is 0 Å². The van der Waals surface area contributed by atoms with E-state index in [1.54, 1.807) is 24.3 Å². The highest BCUT2D eigenvalue weighted by atomic mass is 19.3. The van der Waals surface area contributed by atoms with E-state index >= 15 is 0 Å². The monoisotopic (exact) mass is 268 g/mol. The summed E-state index contributed by atoms with van der Waals surface area (Å²) in [6.07, 6.45) is 0. The Bertz CT molecular complexity index is 595. The summed E-state index contributed by atoms with van der Waals surface area (Å²) in [7, 11) is 0. The van der Waals surface area contributed by atoms with Crippen LogP contribution in [-0.2, 0) is 5.92 Å². The van der Waals surface area contributed by atoms with Crippen molar-refractivity contribution in [3.63, 3.8) is 0 Å². The Balaban J connectivity index is 2.56. The second-order valence-corrected chi connectivity index (χ2v) is 4.54. The smallest absolute Gasteiger partial charge is 0.203 e. The van der Waals surface area contributed by atoms with E-state index in [2.05, 4.69) is 0 Å². The van der Waals surface area contributed by atoms with Crippen molar-refractivity contribution >= 4 is 0 Å². The van der Waals surface area contributed by atoms with Crippen LogP contribution >= 0.6 is 0 Å². The predicted octanol–water partition coefficient (Wildman–Crippen LogP) is 5.05. The van der Waals surface area contributed by atoms with Crippen LogP contribution in [0.1, 0.15) is 18.1 Å². The molecule has 0 saturated carbocycles. The molecule has 2 rings (SSSR count). The maximum atomic E-state index is 13.9. The van der Waals surface area contributed by atoms with Gasteiger partial charge in [0.1, 0.15) is 0 Å². The zero-order valence-corrected chi connectivity index (χ0v) is 10.5. The first kappa shape index (κ1) is 13.6. The van der Waals surface area contributed by atoms with Gasteiger partial charge in [0, 0.05) is 12.5 Å². The summed E-state index contributed by atoms with van der Waals surface area (Å²) in [6.45, 7) is 2.40. The third-order valence-electron chi connectivity index (χ3n) is 2.92. The Morgan fingerprint density at radius 3 is 1.95 bits per heavy atom. The Hall–Kier alpha value is -1.84. The SMILES string of the molecule is Cc1ccc(-c2ccc(C(C)(F)F)c(F)c2F)cc1. The van der Waals surface area contributed by atoms with Crippen LogP contribution < -0.4 is 0 Å². The highest BCUT2D eigenvalue weighted by Gasteiger charge is 2.30. The molecule has 100 valence electrons. The maximum Gasteiger partial charge on any atom is 0.273 e. The van der Waals surface area contributed by atoms with Crippen LogP contribution in [0.5, 0.6) is 0 Å². The van der Waals surface area contributed by atoms with Crippen molar-refractivity contribution in [1.29, 1.82) is 0 Å². The van der Waals surface area contributed by atoms with Crippen LogP contribution in [0.25, 0.3) is 11.1 Å². The lowest BCUT2D eigenvalue weighted by Gasteiger charge is -2.14. The zero-order valence-electron chi connectivity index (χ0n) is 10.5. The summed E-state index contributed by atoms with van der Waals surface area (Å²) in [4.78, 5) is 0. The Morgan fingerprint density at radius 2 is 1.42 bits per heavy atom. The number of hydrogen-bond donors (Lipinski definition) is 0. The number of benzene rings is 2. The van der Waals surface area contributed by atoms with Crippen LogP contribution in [0.2, 0.25) is 0 Å². The summed E-state index contributed by atoms with van der Waals surface area (Å²) in [6, 6.07) is 8.83. The molecule has 0 spiro atoms. The zero-order chi connectivity index (χ0) is 14.2. The summed E-state index contributed by atoms with van der Waals surface area (Å²) in [5.41, 5.74) is 0.473.